The molecule has 0 radical (unpaired) electrons. The first-order chi connectivity index (χ1) is 7.21. The second kappa shape index (κ2) is 4.21. The van der Waals surface area contributed by atoms with E-state index in [0.717, 1.165) is 18.2 Å². The summed E-state index contributed by atoms with van der Waals surface area (Å²) in [5, 5.41) is 8.72. The third-order valence-corrected chi connectivity index (χ3v) is 3.16. The van der Waals surface area contributed by atoms with Gasteiger partial charge in [-0.15, -0.1) is 0 Å². The van der Waals surface area contributed by atoms with Crippen LogP contribution >= 0.6 is 0 Å². The first-order valence-electron chi connectivity index (χ1n) is 4.20. The average Bonchev–Trinajstić information content (AvgIpc) is 2.15. The Balaban J connectivity index is 3.48. The van der Waals surface area contributed by atoms with Crippen LogP contribution in [0.2, 0.25) is 0 Å². The minimum absolute atomic E-state index is 0.0164. The average molecular weight is 248 g/mol. The Morgan fingerprint density at radius 2 is 2.00 bits per heavy atom. The van der Waals surface area contributed by atoms with Crippen molar-refractivity contribution in [2.75, 3.05) is 6.26 Å². The summed E-state index contributed by atoms with van der Waals surface area (Å²) in [4.78, 5) is 10.7. The Kier molecular flexibility index (Phi) is 3.32. The number of alkyl halides is 2. The number of hydrogen-bond donors (Lipinski definition) is 1. The van der Waals surface area contributed by atoms with Gasteiger partial charge < -0.3 is 5.11 Å². The molecule has 1 rings (SSSR count). The first kappa shape index (κ1) is 12.6. The molecule has 0 aliphatic rings. The van der Waals surface area contributed by atoms with E-state index < -0.39 is 27.5 Å². The Labute approximate surface area is 91.7 Å². The number of aromatic carboxylic acids is 1. The maximum atomic E-state index is 12.5. The number of benzene rings is 1. The lowest BCUT2D eigenvalue weighted by atomic mass is 10.1. The highest BCUT2D eigenvalue weighted by Crippen LogP contribution is 2.24. The largest absolute Gasteiger partial charge is 0.478 e. The highest BCUT2D eigenvalue weighted by Gasteiger charge is 2.15. The minimum Gasteiger partial charge on any atom is -0.478 e. The zero-order valence-corrected chi connectivity index (χ0v) is 9.26. The van der Waals surface area contributed by atoms with Crippen molar-refractivity contribution in [1.29, 1.82) is 0 Å². The topological polar surface area (TPSA) is 54.4 Å². The summed E-state index contributed by atoms with van der Waals surface area (Å²) in [6.45, 7) is 0. The zero-order chi connectivity index (χ0) is 12.5. The molecule has 1 unspecified atom stereocenters. The number of hydrogen-bond acceptors (Lipinski definition) is 2. The fourth-order valence-corrected chi connectivity index (χ4v) is 1.88. The molecule has 16 heavy (non-hydrogen) atoms. The van der Waals surface area contributed by atoms with Crippen molar-refractivity contribution in [2.24, 2.45) is 0 Å². The van der Waals surface area contributed by atoms with Crippen LogP contribution in [0.15, 0.2) is 23.1 Å². The summed E-state index contributed by atoms with van der Waals surface area (Å²) in [5.74, 6) is 1.99. The molecule has 88 valence electrons. The van der Waals surface area contributed by atoms with Crippen LogP contribution in [0.3, 0.4) is 0 Å². The molecule has 3 nitrogen and oxygen atoms in total. The molecule has 6 heteroatoms. The number of rotatable bonds is 3. The second-order valence-electron chi connectivity index (χ2n) is 3.40. The summed E-state index contributed by atoms with van der Waals surface area (Å²) in [6, 6.07) is 2.98. The monoisotopic (exact) mass is 248 g/mol. The summed E-state index contributed by atoms with van der Waals surface area (Å²) in [5.41, 5.74) is -0.779. The summed E-state index contributed by atoms with van der Waals surface area (Å²) in [6.07, 6.45) is -1.54. The Bertz CT molecular complexity index is 521. The Hall–Kier alpha value is -1.43. The van der Waals surface area contributed by atoms with E-state index in [-0.39, 0.29) is 10.5 Å². The molecule has 0 aromatic heterocycles. The van der Waals surface area contributed by atoms with Gasteiger partial charge in [0.15, 0.2) is 0 Å². The molecule has 0 saturated heterocycles. The van der Waals surface area contributed by atoms with Gasteiger partial charge in [0.1, 0.15) is 0 Å². The minimum atomic E-state index is -2.81. The van der Waals surface area contributed by atoms with Gasteiger partial charge in [-0.05, 0) is 33.6 Å². The smallest absolute Gasteiger partial charge is 0.335 e. The predicted octanol–water partition coefficient (Wildman–Crippen LogP) is 2.03. The molecule has 0 spiro atoms. The van der Waals surface area contributed by atoms with Crippen molar-refractivity contribution in [2.45, 2.75) is 11.3 Å². The molecule has 0 aliphatic heterocycles. The number of carboxylic acids is 1. The van der Waals surface area contributed by atoms with Gasteiger partial charge in [-0.3, -0.25) is 4.21 Å². The van der Waals surface area contributed by atoms with E-state index in [4.69, 9.17) is 5.11 Å². The fraction of sp³-hybridized carbons (Fsp3) is 0.200. The summed E-state index contributed by atoms with van der Waals surface area (Å²) >= 11 is 0. The summed E-state index contributed by atoms with van der Waals surface area (Å²) < 4.78 is 36.5. The van der Waals surface area contributed by atoms with Crippen molar-refractivity contribution in [3.05, 3.63) is 29.3 Å². The van der Waals surface area contributed by atoms with Crippen molar-refractivity contribution >= 4 is 21.4 Å². The van der Waals surface area contributed by atoms with Crippen molar-refractivity contribution in [1.82, 2.24) is 0 Å². The van der Waals surface area contributed by atoms with Crippen LogP contribution < -0.4 is 0 Å². The maximum Gasteiger partial charge on any atom is 0.335 e. The van der Waals surface area contributed by atoms with Gasteiger partial charge in [0.2, 0.25) is 0 Å². The third kappa shape index (κ3) is 2.79. The molecule has 0 bridgehead atoms. The normalized spacial score (nSPS) is 14.8. The van der Waals surface area contributed by atoms with Crippen molar-refractivity contribution < 1.29 is 22.9 Å². The van der Waals surface area contributed by atoms with Gasteiger partial charge in [0, 0.05) is 16.7 Å². The molecule has 1 N–H and O–H groups in total. The van der Waals surface area contributed by atoms with Crippen LogP contribution in [0.25, 0.3) is 0 Å². The van der Waals surface area contributed by atoms with E-state index in [9.17, 15) is 17.8 Å². The third-order valence-electron chi connectivity index (χ3n) is 1.93. The molecule has 1 aromatic rings. The molecular formula is C10H10F2O3S. The van der Waals surface area contributed by atoms with E-state index in [2.05, 4.69) is 5.87 Å². The highest BCUT2D eigenvalue weighted by atomic mass is 32.2. The molecule has 0 aliphatic carbocycles. The van der Waals surface area contributed by atoms with Gasteiger partial charge in [-0.1, -0.05) is 0 Å². The lowest BCUT2D eigenvalue weighted by Gasteiger charge is -2.08. The molecule has 1 atom stereocenters. The Morgan fingerprint density at radius 3 is 2.38 bits per heavy atom. The van der Waals surface area contributed by atoms with Crippen LogP contribution in [-0.4, -0.2) is 27.4 Å². The van der Waals surface area contributed by atoms with Gasteiger partial charge >= 0.3 is 5.97 Å². The zero-order valence-electron chi connectivity index (χ0n) is 8.44. The Morgan fingerprint density at radius 1 is 1.44 bits per heavy atom. The molecule has 0 saturated carbocycles. The predicted molar refractivity (Wildman–Crippen MR) is 57.8 cm³/mol. The SMILES string of the molecule is C=S(C)(=O)c1cc(C(=O)O)cc(C(F)F)c1. The van der Waals surface area contributed by atoms with Gasteiger partial charge in [0.25, 0.3) is 6.43 Å². The van der Waals surface area contributed by atoms with Gasteiger partial charge in [-0.25, -0.2) is 13.6 Å². The maximum absolute atomic E-state index is 12.5. The van der Waals surface area contributed by atoms with E-state index >= 15 is 0 Å². The van der Waals surface area contributed by atoms with Crippen molar-refractivity contribution in [3.8, 4) is 0 Å². The van der Waals surface area contributed by atoms with Crippen LogP contribution in [0.5, 0.6) is 0 Å². The van der Waals surface area contributed by atoms with Gasteiger partial charge in [-0.2, -0.15) is 0 Å². The van der Waals surface area contributed by atoms with Crippen LogP contribution in [0, 0.1) is 0 Å². The fourth-order valence-electron chi connectivity index (χ4n) is 1.12. The summed E-state index contributed by atoms with van der Waals surface area (Å²) in [7, 11) is -2.71. The molecule has 0 fully saturated rings. The number of carbonyl (C=O) groups is 1. The van der Waals surface area contributed by atoms with Crippen LogP contribution in [0.1, 0.15) is 22.3 Å². The quantitative estimate of drug-likeness (QED) is 0.833. The molecule has 1 aromatic carbocycles. The van der Waals surface area contributed by atoms with Gasteiger partial charge in [0.05, 0.1) is 5.56 Å². The number of halogens is 2. The number of carboxylic acid groups (broad SMARTS) is 1. The van der Waals surface area contributed by atoms with E-state index in [0.29, 0.717) is 0 Å². The molecule has 0 amide bonds. The van der Waals surface area contributed by atoms with Crippen molar-refractivity contribution in [3.63, 3.8) is 0 Å². The van der Waals surface area contributed by atoms with E-state index in [1.54, 1.807) is 0 Å². The van der Waals surface area contributed by atoms with Crippen LogP contribution in [-0.2, 0) is 9.52 Å². The second-order valence-corrected chi connectivity index (χ2v) is 5.88. The van der Waals surface area contributed by atoms with E-state index in [1.165, 1.54) is 6.26 Å². The lowest BCUT2D eigenvalue weighted by Crippen LogP contribution is -2.04. The van der Waals surface area contributed by atoms with Crippen LogP contribution in [0.4, 0.5) is 8.78 Å². The highest BCUT2D eigenvalue weighted by molar-refractivity contribution is 7.99. The lowest BCUT2D eigenvalue weighted by molar-refractivity contribution is 0.0696. The van der Waals surface area contributed by atoms with E-state index in [1.807, 2.05) is 0 Å². The molecule has 0 heterocycles. The molecular weight excluding hydrogens is 238 g/mol. The first-order valence-corrected chi connectivity index (χ1v) is 6.34. The standard InChI is InChI=1S/C10H10F2O3S/c1-16(2,15)8-4-6(9(11)12)3-7(5-8)10(13)14/h3-5,9H,1H2,2H3,(H,13,14).